The molecule has 0 spiro atoms. The summed E-state index contributed by atoms with van der Waals surface area (Å²) in [6.45, 7) is 4.61. The molecule has 1 aromatic carbocycles. The Labute approximate surface area is 111 Å². The van der Waals surface area contributed by atoms with E-state index in [-0.39, 0.29) is 0 Å². The summed E-state index contributed by atoms with van der Waals surface area (Å²) >= 11 is 0. The summed E-state index contributed by atoms with van der Waals surface area (Å²) in [7, 11) is 4.27. The van der Waals surface area contributed by atoms with Crippen LogP contribution in [0.4, 0.5) is 0 Å². The molecule has 1 aliphatic rings. The molecule has 1 aliphatic heterocycles. The van der Waals surface area contributed by atoms with Gasteiger partial charge >= 0.3 is 0 Å². The van der Waals surface area contributed by atoms with Crippen molar-refractivity contribution in [3.8, 4) is 0 Å². The first-order valence-electron chi connectivity index (χ1n) is 7.12. The molecule has 0 unspecified atom stereocenters. The van der Waals surface area contributed by atoms with Gasteiger partial charge in [0.15, 0.2) is 0 Å². The highest BCUT2D eigenvalue weighted by atomic mass is 15.0. The highest BCUT2D eigenvalue weighted by Crippen LogP contribution is 2.26. The summed E-state index contributed by atoms with van der Waals surface area (Å²) in [5.74, 6) is 0.832. The van der Waals surface area contributed by atoms with E-state index in [9.17, 15) is 0 Å². The Morgan fingerprint density at radius 3 is 2.78 bits per heavy atom. The third-order valence-electron chi connectivity index (χ3n) is 3.86. The Balaban J connectivity index is 1.98. The van der Waals surface area contributed by atoms with E-state index in [0.29, 0.717) is 6.04 Å². The molecule has 0 aromatic heterocycles. The molecule has 2 heteroatoms. The van der Waals surface area contributed by atoms with E-state index in [1.807, 2.05) is 0 Å². The predicted molar refractivity (Wildman–Crippen MR) is 77.8 cm³/mol. The number of nitrogens with one attached hydrogen (secondary N) is 1. The minimum Gasteiger partial charge on any atom is -0.310 e. The Bertz CT molecular complexity index is 365. The van der Waals surface area contributed by atoms with Crippen LogP contribution in [0.5, 0.6) is 0 Å². The third-order valence-corrected chi connectivity index (χ3v) is 3.86. The SMILES string of the molecule is C[C@H]1CC[C@H](c2cccc(CCN(C)C)c2)NC1. The van der Waals surface area contributed by atoms with Crippen molar-refractivity contribution in [2.24, 2.45) is 5.92 Å². The lowest BCUT2D eigenvalue weighted by Gasteiger charge is -2.28. The van der Waals surface area contributed by atoms with Crippen LogP contribution < -0.4 is 5.32 Å². The van der Waals surface area contributed by atoms with Crippen molar-refractivity contribution in [1.29, 1.82) is 0 Å². The van der Waals surface area contributed by atoms with Crippen molar-refractivity contribution in [3.05, 3.63) is 35.4 Å². The van der Waals surface area contributed by atoms with Crippen molar-refractivity contribution in [2.75, 3.05) is 27.2 Å². The molecule has 1 fully saturated rings. The van der Waals surface area contributed by atoms with Crippen LogP contribution in [0.1, 0.15) is 36.9 Å². The van der Waals surface area contributed by atoms with Gasteiger partial charge in [0, 0.05) is 12.6 Å². The van der Waals surface area contributed by atoms with Crippen LogP contribution in [0.15, 0.2) is 24.3 Å². The molecule has 0 saturated carbocycles. The summed E-state index contributed by atoms with van der Waals surface area (Å²) in [5.41, 5.74) is 2.93. The largest absolute Gasteiger partial charge is 0.310 e. The number of nitrogens with zero attached hydrogens (tertiary/aromatic N) is 1. The first-order chi connectivity index (χ1) is 8.65. The zero-order valence-electron chi connectivity index (χ0n) is 11.9. The summed E-state index contributed by atoms with van der Waals surface area (Å²) in [4.78, 5) is 2.24. The van der Waals surface area contributed by atoms with Gasteiger partial charge in [0.25, 0.3) is 0 Å². The number of benzene rings is 1. The molecule has 1 aromatic rings. The summed E-state index contributed by atoms with van der Waals surface area (Å²) in [6.07, 6.45) is 3.77. The average Bonchev–Trinajstić information content (AvgIpc) is 2.37. The minimum atomic E-state index is 0.570. The van der Waals surface area contributed by atoms with Crippen LogP contribution in [0, 0.1) is 5.92 Å². The highest BCUT2D eigenvalue weighted by molar-refractivity contribution is 5.26. The Morgan fingerprint density at radius 2 is 2.11 bits per heavy atom. The molecule has 1 saturated heterocycles. The van der Waals surface area contributed by atoms with Gasteiger partial charge in [0.2, 0.25) is 0 Å². The molecule has 2 nitrogen and oxygen atoms in total. The second-order valence-electron chi connectivity index (χ2n) is 5.94. The van der Waals surface area contributed by atoms with Gasteiger partial charge in [-0.2, -0.15) is 0 Å². The zero-order valence-corrected chi connectivity index (χ0v) is 11.9. The molecule has 18 heavy (non-hydrogen) atoms. The standard InChI is InChI=1S/C16H26N2/c1-13-7-8-16(17-12-13)15-6-4-5-14(11-15)9-10-18(2)3/h4-6,11,13,16-17H,7-10,12H2,1-3H3/t13-,16+/m0/s1. The zero-order chi connectivity index (χ0) is 13.0. The minimum absolute atomic E-state index is 0.570. The second kappa shape index (κ2) is 6.35. The Kier molecular flexibility index (Phi) is 4.79. The Hall–Kier alpha value is -0.860. The molecule has 1 heterocycles. The highest BCUT2D eigenvalue weighted by Gasteiger charge is 2.18. The number of rotatable bonds is 4. The van der Waals surface area contributed by atoms with Gasteiger partial charge in [-0.25, -0.2) is 0 Å². The van der Waals surface area contributed by atoms with Gasteiger partial charge in [-0.15, -0.1) is 0 Å². The van der Waals surface area contributed by atoms with E-state index in [4.69, 9.17) is 0 Å². The molecule has 0 aliphatic carbocycles. The van der Waals surface area contributed by atoms with E-state index in [1.165, 1.54) is 24.0 Å². The fourth-order valence-electron chi connectivity index (χ4n) is 2.60. The van der Waals surface area contributed by atoms with Gasteiger partial charge < -0.3 is 10.2 Å². The van der Waals surface area contributed by atoms with E-state index in [2.05, 4.69) is 55.5 Å². The fraction of sp³-hybridized carbons (Fsp3) is 0.625. The van der Waals surface area contributed by atoms with E-state index in [1.54, 1.807) is 0 Å². The summed E-state index contributed by atoms with van der Waals surface area (Å²) < 4.78 is 0. The van der Waals surface area contributed by atoms with Gasteiger partial charge in [-0.3, -0.25) is 0 Å². The molecular formula is C16H26N2. The second-order valence-corrected chi connectivity index (χ2v) is 5.94. The van der Waals surface area contributed by atoms with Crippen LogP contribution in [0.3, 0.4) is 0 Å². The van der Waals surface area contributed by atoms with Crippen molar-refractivity contribution >= 4 is 0 Å². The maximum absolute atomic E-state index is 3.67. The van der Waals surface area contributed by atoms with Crippen LogP contribution in [-0.2, 0) is 6.42 Å². The number of piperidine rings is 1. The molecule has 2 rings (SSSR count). The van der Waals surface area contributed by atoms with Gasteiger partial charge in [0.05, 0.1) is 0 Å². The maximum Gasteiger partial charge on any atom is 0.0320 e. The molecule has 0 amide bonds. The van der Waals surface area contributed by atoms with Crippen LogP contribution in [-0.4, -0.2) is 32.1 Å². The lowest BCUT2D eigenvalue weighted by molar-refractivity contribution is 0.333. The van der Waals surface area contributed by atoms with Crippen LogP contribution in [0.25, 0.3) is 0 Å². The molecular weight excluding hydrogens is 220 g/mol. The molecule has 1 N–H and O–H groups in total. The molecule has 100 valence electrons. The summed E-state index contributed by atoms with van der Waals surface area (Å²) in [5, 5.41) is 3.67. The van der Waals surface area contributed by atoms with Gasteiger partial charge in [-0.05, 0) is 56.9 Å². The average molecular weight is 246 g/mol. The molecule has 2 atom stereocenters. The predicted octanol–water partition coefficient (Wildman–Crippen LogP) is 2.85. The lowest BCUT2D eigenvalue weighted by atomic mass is 9.91. The van der Waals surface area contributed by atoms with E-state index >= 15 is 0 Å². The van der Waals surface area contributed by atoms with Crippen molar-refractivity contribution < 1.29 is 0 Å². The lowest BCUT2D eigenvalue weighted by Crippen LogP contribution is -2.31. The molecule has 0 bridgehead atoms. The van der Waals surface area contributed by atoms with Crippen LogP contribution >= 0.6 is 0 Å². The summed E-state index contributed by atoms with van der Waals surface area (Å²) in [6, 6.07) is 9.68. The van der Waals surface area contributed by atoms with Gasteiger partial charge in [-0.1, -0.05) is 31.2 Å². The third kappa shape index (κ3) is 3.82. The van der Waals surface area contributed by atoms with Crippen molar-refractivity contribution in [2.45, 2.75) is 32.2 Å². The fourth-order valence-corrected chi connectivity index (χ4v) is 2.60. The Morgan fingerprint density at radius 1 is 1.28 bits per heavy atom. The monoisotopic (exact) mass is 246 g/mol. The topological polar surface area (TPSA) is 15.3 Å². The first kappa shape index (κ1) is 13.6. The maximum atomic E-state index is 3.67. The number of hydrogen-bond donors (Lipinski definition) is 1. The van der Waals surface area contributed by atoms with Crippen molar-refractivity contribution in [1.82, 2.24) is 10.2 Å². The quantitative estimate of drug-likeness (QED) is 0.879. The smallest absolute Gasteiger partial charge is 0.0320 e. The van der Waals surface area contributed by atoms with Gasteiger partial charge in [0.1, 0.15) is 0 Å². The molecule has 0 radical (unpaired) electrons. The van der Waals surface area contributed by atoms with Crippen LogP contribution in [0.2, 0.25) is 0 Å². The number of hydrogen-bond acceptors (Lipinski definition) is 2. The van der Waals surface area contributed by atoms with Crippen molar-refractivity contribution in [3.63, 3.8) is 0 Å². The van der Waals surface area contributed by atoms with E-state index in [0.717, 1.165) is 25.4 Å². The normalized spacial score (nSPS) is 24.4. The number of likely N-dealkylation sites (N-methyl/N-ethyl adjacent to an activating group) is 1. The van der Waals surface area contributed by atoms with E-state index < -0.39 is 0 Å². The first-order valence-corrected chi connectivity index (χ1v) is 7.12.